The molecule has 0 unspecified atom stereocenters. The predicted octanol–water partition coefficient (Wildman–Crippen LogP) is 8.70. The molecule has 44 heavy (non-hydrogen) atoms. The van der Waals surface area contributed by atoms with Crippen LogP contribution in [0, 0.1) is 0 Å². The van der Waals surface area contributed by atoms with Gasteiger partial charge >= 0.3 is 0 Å². The molecule has 0 N–H and O–H groups in total. The van der Waals surface area contributed by atoms with Crippen LogP contribution in [0.1, 0.15) is 0 Å². The molecule has 0 spiro atoms. The average Bonchev–Trinajstić information content (AvgIpc) is 3.12. The van der Waals surface area contributed by atoms with Crippen LogP contribution in [0.4, 0.5) is 0 Å². The lowest BCUT2D eigenvalue weighted by Gasteiger charge is -2.13. The number of hydrogen-bond donors (Lipinski definition) is 0. The van der Waals surface area contributed by atoms with Gasteiger partial charge < -0.3 is 0 Å². The van der Waals surface area contributed by atoms with E-state index < -0.39 is 0 Å². The summed E-state index contributed by atoms with van der Waals surface area (Å²) in [5, 5.41) is 3.52. The summed E-state index contributed by atoms with van der Waals surface area (Å²) in [5.41, 5.74) is 7.25. The maximum atomic E-state index is 5.17. The number of benzene rings is 4. The Morgan fingerprint density at radius 1 is 0.386 bits per heavy atom. The molecule has 6 nitrogen and oxygen atoms in total. The molecule has 4 aromatic heterocycles. The molecule has 0 saturated heterocycles. The van der Waals surface area contributed by atoms with Crippen LogP contribution in [0.15, 0.2) is 146 Å². The van der Waals surface area contributed by atoms with E-state index in [4.69, 9.17) is 19.9 Å². The summed E-state index contributed by atoms with van der Waals surface area (Å²) in [6, 6.07) is 45.0. The van der Waals surface area contributed by atoms with Crippen LogP contribution >= 0.6 is 0 Å². The standard InChI is InChI=1S/C38H24N6/c1-2-11-25(12-3-1)30-24-34(41-31-20-19-26-13-4-5-16-29(26)35(30)31)27-14-10-15-28(23-27)36-42-37(32-17-6-8-21-39-32)44-38(43-36)33-18-7-9-22-40-33/h1-24H. The van der Waals surface area contributed by atoms with Crippen molar-refractivity contribution >= 4 is 21.7 Å². The third-order valence-corrected chi connectivity index (χ3v) is 7.62. The minimum Gasteiger partial charge on any atom is -0.253 e. The van der Waals surface area contributed by atoms with E-state index in [9.17, 15) is 0 Å². The van der Waals surface area contributed by atoms with Crippen LogP contribution in [0.2, 0.25) is 0 Å². The van der Waals surface area contributed by atoms with E-state index in [2.05, 4.69) is 88.8 Å². The Balaban J connectivity index is 1.31. The molecule has 4 aromatic carbocycles. The van der Waals surface area contributed by atoms with E-state index >= 15 is 0 Å². The van der Waals surface area contributed by atoms with Gasteiger partial charge in [-0.3, -0.25) is 9.97 Å². The summed E-state index contributed by atoms with van der Waals surface area (Å²) in [4.78, 5) is 28.6. The van der Waals surface area contributed by atoms with Gasteiger partial charge in [0.1, 0.15) is 11.4 Å². The van der Waals surface area contributed by atoms with Gasteiger partial charge in [-0.05, 0) is 64.4 Å². The van der Waals surface area contributed by atoms with Gasteiger partial charge in [0.15, 0.2) is 17.5 Å². The van der Waals surface area contributed by atoms with E-state index in [-0.39, 0.29) is 0 Å². The number of nitrogens with zero attached hydrogens (tertiary/aromatic N) is 6. The molecule has 0 aliphatic rings. The number of rotatable bonds is 5. The summed E-state index contributed by atoms with van der Waals surface area (Å²) in [7, 11) is 0. The van der Waals surface area contributed by atoms with Gasteiger partial charge in [-0.1, -0.05) is 91.0 Å². The topological polar surface area (TPSA) is 77.3 Å². The van der Waals surface area contributed by atoms with Gasteiger partial charge in [0, 0.05) is 28.9 Å². The van der Waals surface area contributed by atoms with Crippen LogP contribution < -0.4 is 0 Å². The SMILES string of the molecule is c1ccc(-c2cc(-c3cccc(-c4nc(-c5ccccn5)nc(-c5ccccn5)n4)c3)nc3ccc4ccccc4c23)cc1. The highest BCUT2D eigenvalue weighted by Crippen LogP contribution is 2.37. The molecular weight excluding hydrogens is 540 g/mol. The molecule has 206 valence electrons. The fourth-order valence-corrected chi connectivity index (χ4v) is 5.54. The van der Waals surface area contributed by atoms with Gasteiger partial charge in [0.2, 0.25) is 0 Å². The zero-order chi connectivity index (χ0) is 29.3. The van der Waals surface area contributed by atoms with Gasteiger partial charge in [0.05, 0.1) is 11.2 Å². The summed E-state index contributed by atoms with van der Waals surface area (Å²) < 4.78 is 0. The molecule has 0 aliphatic heterocycles. The quantitative estimate of drug-likeness (QED) is 0.195. The zero-order valence-corrected chi connectivity index (χ0v) is 23.5. The first kappa shape index (κ1) is 25.6. The molecule has 0 bridgehead atoms. The maximum Gasteiger partial charge on any atom is 0.182 e. The van der Waals surface area contributed by atoms with E-state index in [0.717, 1.165) is 38.9 Å². The van der Waals surface area contributed by atoms with E-state index in [1.165, 1.54) is 10.8 Å². The third-order valence-electron chi connectivity index (χ3n) is 7.62. The van der Waals surface area contributed by atoms with Crippen LogP contribution in [0.3, 0.4) is 0 Å². The summed E-state index contributed by atoms with van der Waals surface area (Å²) >= 11 is 0. The molecule has 0 amide bonds. The highest BCUT2D eigenvalue weighted by molar-refractivity contribution is 6.13. The van der Waals surface area contributed by atoms with Crippen molar-refractivity contribution < 1.29 is 0 Å². The highest BCUT2D eigenvalue weighted by atomic mass is 15.1. The Kier molecular flexibility index (Phi) is 6.35. The van der Waals surface area contributed by atoms with Gasteiger partial charge in [-0.15, -0.1) is 0 Å². The van der Waals surface area contributed by atoms with E-state index in [1.807, 2.05) is 54.6 Å². The fourth-order valence-electron chi connectivity index (χ4n) is 5.54. The molecule has 0 aliphatic carbocycles. The second kappa shape index (κ2) is 10.9. The lowest BCUT2D eigenvalue weighted by molar-refractivity contribution is 1.05. The largest absolute Gasteiger partial charge is 0.253 e. The molecule has 0 atom stereocenters. The summed E-state index contributed by atoms with van der Waals surface area (Å²) in [6.07, 6.45) is 3.47. The Morgan fingerprint density at radius 2 is 1.02 bits per heavy atom. The normalized spacial score (nSPS) is 11.2. The molecular formula is C38H24N6. The maximum absolute atomic E-state index is 5.17. The lowest BCUT2D eigenvalue weighted by Crippen LogP contribution is -2.02. The fraction of sp³-hybridized carbons (Fsp3) is 0. The van der Waals surface area contributed by atoms with Crippen molar-refractivity contribution in [1.82, 2.24) is 29.9 Å². The van der Waals surface area contributed by atoms with Crippen LogP contribution in [-0.4, -0.2) is 29.9 Å². The third kappa shape index (κ3) is 4.74. The molecule has 6 heteroatoms. The van der Waals surface area contributed by atoms with E-state index in [1.54, 1.807) is 12.4 Å². The van der Waals surface area contributed by atoms with Crippen molar-refractivity contribution in [3.05, 3.63) is 146 Å². The molecule has 0 radical (unpaired) electrons. The first-order valence-electron chi connectivity index (χ1n) is 14.4. The molecule has 4 heterocycles. The van der Waals surface area contributed by atoms with Crippen molar-refractivity contribution in [2.75, 3.05) is 0 Å². The predicted molar refractivity (Wildman–Crippen MR) is 175 cm³/mol. The Labute approximate surface area is 253 Å². The smallest absolute Gasteiger partial charge is 0.182 e. The summed E-state index contributed by atoms with van der Waals surface area (Å²) in [5.74, 6) is 1.52. The van der Waals surface area contributed by atoms with Crippen molar-refractivity contribution in [1.29, 1.82) is 0 Å². The Bertz CT molecular complexity index is 2210. The van der Waals surface area contributed by atoms with Gasteiger partial charge in [-0.2, -0.15) is 0 Å². The van der Waals surface area contributed by atoms with Crippen LogP contribution in [0.5, 0.6) is 0 Å². The zero-order valence-electron chi connectivity index (χ0n) is 23.5. The first-order chi connectivity index (χ1) is 21.8. The number of hydrogen-bond acceptors (Lipinski definition) is 6. The Morgan fingerprint density at radius 3 is 1.75 bits per heavy atom. The minimum atomic E-state index is 0.490. The highest BCUT2D eigenvalue weighted by Gasteiger charge is 2.16. The number of aromatic nitrogens is 6. The molecule has 8 rings (SSSR count). The molecule has 8 aromatic rings. The van der Waals surface area contributed by atoms with Crippen molar-refractivity contribution in [2.45, 2.75) is 0 Å². The Hall–Kier alpha value is -6.14. The van der Waals surface area contributed by atoms with Crippen LogP contribution in [0.25, 0.3) is 78.5 Å². The second-order valence-corrected chi connectivity index (χ2v) is 10.4. The minimum absolute atomic E-state index is 0.490. The van der Waals surface area contributed by atoms with Crippen molar-refractivity contribution in [3.63, 3.8) is 0 Å². The first-order valence-corrected chi connectivity index (χ1v) is 14.4. The van der Waals surface area contributed by atoms with Gasteiger partial charge in [-0.25, -0.2) is 19.9 Å². The van der Waals surface area contributed by atoms with Gasteiger partial charge in [0.25, 0.3) is 0 Å². The van der Waals surface area contributed by atoms with Crippen molar-refractivity contribution in [3.8, 4) is 56.8 Å². The lowest BCUT2D eigenvalue weighted by atomic mass is 9.94. The monoisotopic (exact) mass is 564 g/mol. The molecule has 0 fully saturated rings. The second-order valence-electron chi connectivity index (χ2n) is 10.4. The number of pyridine rings is 3. The van der Waals surface area contributed by atoms with Crippen molar-refractivity contribution in [2.24, 2.45) is 0 Å². The average molecular weight is 565 g/mol. The number of fused-ring (bicyclic) bond motifs is 3. The summed E-state index contributed by atoms with van der Waals surface area (Å²) in [6.45, 7) is 0. The van der Waals surface area contributed by atoms with Crippen LogP contribution in [-0.2, 0) is 0 Å². The molecule has 0 saturated carbocycles. The van der Waals surface area contributed by atoms with E-state index in [0.29, 0.717) is 28.9 Å².